The van der Waals surface area contributed by atoms with Crippen LogP contribution in [0.5, 0.6) is 5.75 Å². The van der Waals surface area contributed by atoms with Crippen molar-refractivity contribution in [2.75, 3.05) is 7.11 Å². The summed E-state index contributed by atoms with van der Waals surface area (Å²) in [6.07, 6.45) is 0. The largest absolute Gasteiger partial charge is 0.497 e. The number of rotatable bonds is 5. The van der Waals surface area contributed by atoms with Gasteiger partial charge >= 0.3 is 0 Å². The lowest BCUT2D eigenvalue weighted by atomic mass is 10.1. The van der Waals surface area contributed by atoms with Crippen molar-refractivity contribution in [2.24, 2.45) is 5.73 Å². The van der Waals surface area contributed by atoms with Gasteiger partial charge < -0.3 is 10.5 Å². The molecule has 2 unspecified atom stereocenters. The molecule has 0 aliphatic carbocycles. The first-order chi connectivity index (χ1) is 7.54. The molecule has 2 N–H and O–H groups in total. The number of hydrogen-bond acceptors (Lipinski definition) is 3. The van der Waals surface area contributed by atoms with Crippen molar-refractivity contribution in [3.05, 3.63) is 29.8 Å². The van der Waals surface area contributed by atoms with E-state index in [4.69, 9.17) is 10.5 Å². The fourth-order valence-corrected chi connectivity index (χ4v) is 2.76. The molecule has 1 aromatic rings. The van der Waals surface area contributed by atoms with Gasteiger partial charge in [-0.1, -0.05) is 26.0 Å². The maximum atomic E-state index is 6.05. The molecule has 2 nitrogen and oxygen atoms in total. The highest BCUT2D eigenvalue weighted by molar-refractivity contribution is 8.00. The zero-order valence-electron chi connectivity index (χ0n) is 10.4. The zero-order valence-corrected chi connectivity index (χ0v) is 11.3. The molecule has 1 rings (SSSR count). The normalized spacial score (nSPS) is 14.9. The molecule has 0 saturated heterocycles. The van der Waals surface area contributed by atoms with Crippen molar-refractivity contribution in [3.63, 3.8) is 0 Å². The molecule has 0 saturated carbocycles. The molecule has 0 aliphatic heterocycles. The van der Waals surface area contributed by atoms with Gasteiger partial charge in [0.1, 0.15) is 5.75 Å². The van der Waals surface area contributed by atoms with Crippen molar-refractivity contribution in [2.45, 2.75) is 37.3 Å². The summed E-state index contributed by atoms with van der Waals surface area (Å²) in [7, 11) is 1.69. The van der Waals surface area contributed by atoms with Gasteiger partial charge in [0.2, 0.25) is 0 Å². The van der Waals surface area contributed by atoms with Crippen LogP contribution in [0.3, 0.4) is 0 Å². The van der Waals surface area contributed by atoms with Crippen LogP contribution >= 0.6 is 11.8 Å². The first kappa shape index (κ1) is 13.4. The third-order valence-corrected chi connectivity index (χ3v) is 3.86. The number of thioether (sulfide) groups is 1. The lowest BCUT2D eigenvalue weighted by molar-refractivity contribution is 0.414. The summed E-state index contributed by atoms with van der Waals surface area (Å²) in [6, 6.07) is 8.31. The second kappa shape index (κ2) is 6.16. The highest BCUT2D eigenvalue weighted by Crippen LogP contribution is 2.35. The standard InChI is InChI=1S/C13H21NOS/c1-9(2)16-13(10(3)14)11-6-5-7-12(8-11)15-4/h5-10,13H,14H2,1-4H3. The summed E-state index contributed by atoms with van der Waals surface area (Å²) < 4.78 is 5.24. The van der Waals surface area contributed by atoms with Gasteiger partial charge in [-0.15, -0.1) is 11.8 Å². The SMILES string of the molecule is COc1cccc(C(SC(C)C)C(C)N)c1. The highest BCUT2D eigenvalue weighted by Gasteiger charge is 2.18. The molecule has 0 spiro atoms. The van der Waals surface area contributed by atoms with Crippen LogP contribution in [-0.2, 0) is 0 Å². The van der Waals surface area contributed by atoms with Gasteiger partial charge in [-0.2, -0.15) is 0 Å². The third kappa shape index (κ3) is 3.72. The third-order valence-electron chi connectivity index (χ3n) is 2.32. The van der Waals surface area contributed by atoms with Crippen LogP contribution in [0.15, 0.2) is 24.3 Å². The Kier molecular flexibility index (Phi) is 5.16. The van der Waals surface area contributed by atoms with Gasteiger partial charge in [-0.25, -0.2) is 0 Å². The molecular formula is C13H21NOS. The predicted molar refractivity (Wildman–Crippen MR) is 72.1 cm³/mol. The Morgan fingerprint density at radius 1 is 1.25 bits per heavy atom. The molecule has 16 heavy (non-hydrogen) atoms. The maximum Gasteiger partial charge on any atom is 0.119 e. The summed E-state index contributed by atoms with van der Waals surface area (Å²) in [4.78, 5) is 0. The van der Waals surface area contributed by atoms with E-state index in [-0.39, 0.29) is 6.04 Å². The van der Waals surface area contributed by atoms with Gasteiger partial charge in [0.25, 0.3) is 0 Å². The summed E-state index contributed by atoms with van der Waals surface area (Å²) in [5.74, 6) is 0.896. The number of hydrogen-bond donors (Lipinski definition) is 1. The van der Waals surface area contributed by atoms with Crippen LogP contribution in [0.1, 0.15) is 31.6 Å². The van der Waals surface area contributed by atoms with E-state index >= 15 is 0 Å². The second-order valence-corrected chi connectivity index (χ2v) is 5.96. The summed E-state index contributed by atoms with van der Waals surface area (Å²) >= 11 is 1.90. The van der Waals surface area contributed by atoms with E-state index in [1.165, 1.54) is 5.56 Å². The van der Waals surface area contributed by atoms with Gasteiger partial charge in [-0.05, 0) is 29.9 Å². The van der Waals surface area contributed by atoms with Gasteiger partial charge in [-0.3, -0.25) is 0 Å². The van der Waals surface area contributed by atoms with E-state index in [0.29, 0.717) is 10.5 Å². The molecule has 0 radical (unpaired) electrons. The smallest absolute Gasteiger partial charge is 0.119 e. The minimum atomic E-state index is 0.138. The quantitative estimate of drug-likeness (QED) is 0.857. The molecule has 0 heterocycles. The molecule has 1 aromatic carbocycles. The monoisotopic (exact) mass is 239 g/mol. The fraction of sp³-hybridized carbons (Fsp3) is 0.538. The highest BCUT2D eigenvalue weighted by atomic mass is 32.2. The van der Waals surface area contributed by atoms with Crippen molar-refractivity contribution in [3.8, 4) is 5.75 Å². The fourth-order valence-electron chi connectivity index (χ4n) is 1.62. The number of nitrogens with two attached hydrogens (primary N) is 1. The Hall–Kier alpha value is -0.670. The zero-order chi connectivity index (χ0) is 12.1. The molecular weight excluding hydrogens is 218 g/mol. The Morgan fingerprint density at radius 2 is 1.94 bits per heavy atom. The average molecular weight is 239 g/mol. The number of ether oxygens (including phenoxy) is 1. The lowest BCUT2D eigenvalue weighted by Gasteiger charge is -2.23. The first-order valence-electron chi connectivity index (χ1n) is 5.59. The van der Waals surface area contributed by atoms with Crippen LogP contribution in [0.4, 0.5) is 0 Å². The van der Waals surface area contributed by atoms with Gasteiger partial charge in [0.15, 0.2) is 0 Å². The molecule has 3 heteroatoms. The van der Waals surface area contributed by atoms with Crippen molar-refractivity contribution in [1.82, 2.24) is 0 Å². The van der Waals surface area contributed by atoms with E-state index in [2.05, 4.69) is 32.9 Å². The molecule has 90 valence electrons. The minimum absolute atomic E-state index is 0.138. The predicted octanol–water partition coefficient (Wildman–Crippen LogP) is 3.23. The average Bonchev–Trinajstić information content (AvgIpc) is 2.25. The van der Waals surface area contributed by atoms with Crippen LogP contribution in [0.25, 0.3) is 0 Å². The van der Waals surface area contributed by atoms with Crippen LogP contribution in [0, 0.1) is 0 Å². The minimum Gasteiger partial charge on any atom is -0.497 e. The van der Waals surface area contributed by atoms with Crippen LogP contribution in [-0.4, -0.2) is 18.4 Å². The van der Waals surface area contributed by atoms with Crippen molar-refractivity contribution < 1.29 is 4.74 Å². The molecule has 0 amide bonds. The number of benzene rings is 1. The van der Waals surface area contributed by atoms with E-state index in [0.717, 1.165) is 5.75 Å². The number of methoxy groups -OCH3 is 1. The van der Waals surface area contributed by atoms with Crippen LogP contribution in [0.2, 0.25) is 0 Å². The van der Waals surface area contributed by atoms with E-state index < -0.39 is 0 Å². The summed E-state index contributed by atoms with van der Waals surface area (Å²) in [5, 5.41) is 0.900. The van der Waals surface area contributed by atoms with Crippen LogP contribution < -0.4 is 10.5 Å². The molecule has 2 atom stereocenters. The van der Waals surface area contributed by atoms with Crippen molar-refractivity contribution in [1.29, 1.82) is 0 Å². The van der Waals surface area contributed by atoms with E-state index in [1.807, 2.05) is 23.9 Å². The lowest BCUT2D eigenvalue weighted by Crippen LogP contribution is -2.23. The molecule has 0 aliphatic rings. The Bertz CT molecular complexity index is 325. The Labute approximate surface area is 103 Å². The Morgan fingerprint density at radius 3 is 2.44 bits per heavy atom. The second-order valence-electron chi connectivity index (χ2n) is 4.24. The first-order valence-corrected chi connectivity index (χ1v) is 6.54. The molecule has 0 aromatic heterocycles. The van der Waals surface area contributed by atoms with E-state index in [1.54, 1.807) is 7.11 Å². The maximum absolute atomic E-state index is 6.05. The van der Waals surface area contributed by atoms with Crippen molar-refractivity contribution >= 4 is 11.8 Å². The summed E-state index contributed by atoms with van der Waals surface area (Å²) in [5.41, 5.74) is 7.29. The molecule has 0 fully saturated rings. The van der Waals surface area contributed by atoms with Gasteiger partial charge in [0, 0.05) is 11.3 Å². The Balaban J connectivity index is 2.91. The van der Waals surface area contributed by atoms with Gasteiger partial charge in [0.05, 0.1) is 7.11 Å². The van der Waals surface area contributed by atoms with E-state index in [9.17, 15) is 0 Å². The molecule has 0 bridgehead atoms. The summed E-state index contributed by atoms with van der Waals surface area (Å²) in [6.45, 7) is 6.44. The topological polar surface area (TPSA) is 35.2 Å².